The summed E-state index contributed by atoms with van der Waals surface area (Å²) in [5.74, 6) is -2.47. The number of nitrogens with zero attached hydrogens (tertiary/aromatic N) is 2. The second-order valence-corrected chi connectivity index (χ2v) is 5.41. The molecule has 1 aromatic heterocycles. The average Bonchev–Trinajstić information content (AvgIpc) is 2.32. The van der Waals surface area contributed by atoms with Gasteiger partial charge in [-0.3, -0.25) is 4.72 Å². The zero-order valence-corrected chi connectivity index (χ0v) is 10.7. The van der Waals surface area contributed by atoms with Gasteiger partial charge in [-0.15, -0.1) is 0 Å². The normalized spacial score (nSPS) is 11.3. The standard InChI is InChI=1S/C10H6ClF2N3O2S/c11-10-14-4-3-9(15-10)16-19(17,18)6-1-2-7(12)8(13)5-6/h1-5H,(H,14,15,16). The number of sulfonamides is 1. The van der Waals surface area contributed by atoms with Gasteiger partial charge in [-0.1, -0.05) is 0 Å². The third-order valence-electron chi connectivity index (χ3n) is 2.07. The first kappa shape index (κ1) is 13.6. The van der Waals surface area contributed by atoms with Crippen LogP contribution in [0.4, 0.5) is 14.6 Å². The van der Waals surface area contributed by atoms with E-state index < -0.39 is 26.6 Å². The highest BCUT2D eigenvalue weighted by molar-refractivity contribution is 7.92. The van der Waals surface area contributed by atoms with Crippen molar-refractivity contribution in [2.75, 3.05) is 4.72 Å². The molecule has 0 saturated heterocycles. The zero-order valence-electron chi connectivity index (χ0n) is 9.14. The molecule has 2 aromatic rings. The molecule has 0 amide bonds. The highest BCUT2D eigenvalue weighted by Gasteiger charge is 2.17. The largest absolute Gasteiger partial charge is 0.263 e. The van der Waals surface area contributed by atoms with Crippen LogP contribution in [0.25, 0.3) is 0 Å². The maximum atomic E-state index is 13.0. The van der Waals surface area contributed by atoms with Gasteiger partial charge < -0.3 is 0 Å². The summed E-state index contributed by atoms with van der Waals surface area (Å²) in [6.45, 7) is 0. The Morgan fingerprint density at radius 3 is 2.53 bits per heavy atom. The fourth-order valence-corrected chi connectivity index (χ4v) is 2.39. The minimum absolute atomic E-state index is 0.0790. The Hall–Kier alpha value is -1.80. The fraction of sp³-hybridized carbons (Fsp3) is 0. The van der Waals surface area contributed by atoms with E-state index >= 15 is 0 Å². The van der Waals surface area contributed by atoms with Crippen LogP contribution in [0.2, 0.25) is 5.28 Å². The van der Waals surface area contributed by atoms with Crippen LogP contribution < -0.4 is 4.72 Å². The molecule has 19 heavy (non-hydrogen) atoms. The molecule has 1 aromatic carbocycles. The van der Waals surface area contributed by atoms with E-state index in [2.05, 4.69) is 14.7 Å². The molecule has 0 aliphatic carbocycles. The Labute approximate surface area is 112 Å². The first-order valence-electron chi connectivity index (χ1n) is 4.85. The van der Waals surface area contributed by atoms with Crippen molar-refractivity contribution >= 4 is 27.4 Å². The highest BCUT2D eigenvalue weighted by Crippen LogP contribution is 2.17. The van der Waals surface area contributed by atoms with Gasteiger partial charge in [0.15, 0.2) is 11.6 Å². The lowest BCUT2D eigenvalue weighted by Crippen LogP contribution is -2.14. The lowest BCUT2D eigenvalue weighted by molar-refractivity contribution is 0.504. The first-order chi connectivity index (χ1) is 8.88. The fourth-order valence-electron chi connectivity index (χ4n) is 1.23. The number of hydrogen-bond acceptors (Lipinski definition) is 4. The molecule has 0 aliphatic heterocycles. The molecule has 0 atom stereocenters. The second kappa shape index (κ2) is 5.06. The van der Waals surface area contributed by atoms with Gasteiger partial charge in [-0.25, -0.2) is 22.2 Å². The summed E-state index contributed by atoms with van der Waals surface area (Å²) in [4.78, 5) is 6.77. The van der Waals surface area contributed by atoms with Gasteiger partial charge in [0.2, 0.25) is 5.28 Å². The van der Waals surface area contributed by atoms with Gasteiger partial charge in [0, 0.05) is 6.20 Å². The number of aromatic nitrogens is 2. The molecule has 9 heteroatoms. The minimum Gasteiger partial charge on any atom is -0.263 e. The van der Waals surface area contributed by atoms with E-state index in [9.17, 15) is 17.2 Å². The molecule has 1 heterocycles. The van der Waals surface area contributed by atoms with E-state index in [0.29, 0.717) is 6.07 Å². The molecule has 0 saturated carbocycles. The van der Waals surface area contributed by atoms with Crippen LogP contribution in [0.15, 0.2) is 35.4 Å². The monoisotopic (exact) mass is 305 g/mol. The summed E-state index contributed by atoms with van der Waals surface area (Å²) in [6.07, 6.45) is 1.25. The predicted molar refractivity (Wildman–Crippen MR) is 64.2 cm³/mol. The van der Waals surface area contributed by atoms with E-state index in [1.165, 1.54) is 12.3 Å². The van der Waals surface area contributed by atoms with E-state index in [1.54, 1.807) is 0 Å². The van der Waals surface area contributed by atoms with E-state index in [4.69, 9.17) is 11.6 Å². The topological polar surface area (TPSA) is 72.0 Å². The van der Waals surface area contributed by atoms with Gasteiger partial charge in [-0.2, -0.15) is 4.98 Å². The Kier molecular flexibility index (Phi) is 3.63. The number of rotatable bonds is 3. The molecule has 0 unspecified atom stereocenters. The number of halogens is 3. The minimum atomic E-state index is -4.07. The Morgan fingerprint density at radius 1 is 1.16 bits per heavy atom. The van der Waals surface area contributed by atoms with E-state index in [0.717, 1.165) is 12.1 Å². The quantitative estimate of drug-likeness (QED) is 0.883. The summed E-state index contributed by atoms with van der Waals surface area (Å²) < 4.78 is 51.6. The molecule has 0 bridgehead atoms. The van der Waals surface area contributed by atoms with Crippen LogP contribution in [0, 0.1) is 11.6 Å². The SMILES string of the molecule is O=S(=O)(Nc1ccnc(Cl)n1)c1ccc(F)c(F)c1. The first-order valence-corrected chi connectivity index (χ1v) is 6.71. The highest BCUT2D eigenvalue weighted by atomic mass is 35.5. The van der Waals surface area contributed by atoms with Gasteiger partial charge in [0.05, 0.1) is 4.90 Å². The van der Waals surface area contributed by atoms with Crippen LogP contribution in [0.1, 0.15) is 0 Å². The molecule has 0 spiro atoms. The second-order valence-electron chi connectivity index (χ2n) is 3.39. The van der Waals surface area contributed by atoms with Crippen LogP contribution in [-0.4, -0.2) is 18.4 Å². The van der Waals surface area contributed by atoms with Crippen molar-refractivity contribution in [2.45, 2.75) is 4.90 Å². The van der Waals surface area contributed by atoms with Gasteiger partial charge >= 0.3 is 0 Å². The van der Waals surface area contributed by atoms with Gasteiger partial charge in [-0.05, 0) is 35.9 Å². The summed E-state index contributed by atoms with van der Waals surface area (Å²) >= 11 is 5.50. The van der Waals surface area contributed by atoms with Crippen molar-refractivity contribution in [1.82, 2.24) is 9.97 Å². The molecule has 0 radical (unpaired) electrons. The van der Waals surface area contributed by atoms with Crippen molar-refractivity contribution in [1.29, 1.82) is 0 Å². The van der Waals surface area contributed by atoms with Crippen LogP contribution in [0.3, 0.4) is 0 Å². The number of anilines is 1. The van der Waals surface area contributed by atoms with Crippen molar-refractivity contribution in [2.24, 2.45) is 0 Å². The van der Waals surface area contributed by atoms with E-state index in [-0.39, 0.29) is 11.1 Å². The maximum Gasteiger partial charge on any atom is 0.263 e. The van der Waals surface area contributed by atoms with Crippen molar-refractivity contribution in [3.8, 4) is 0 Å². The van der Waals surface area contributed by atoms with Crippen LogP contribution in [0.5, 0.6) is 0 Å². The lowest BCUT2D eigenvalue weighted by atomic mass is 10.3. The Morgan fingerprint density at radius 2 is 1.89 bits per heavy atom. The Balaban J connectivity index is 2.35. The van der Waals surface area contributed by atoms with Gasteiger partial charge in [0.25, 0.3) is 10.0 Å². The van der Waals surface area contributed by atoms with Crippen molar-refractivity contribution in [3.63, 3.8) is 0 Å². The summed E-state index contributed by atoms with van der Waals surface area (Å²) in [5.41, 5.74) is 0. The van der Waals surface area contributed by atoms with E-state index in [1.807, 2.05) is 0 Å². The van der Waals surface area contributed by atoms with Crippen molar-refractivity contribution < 1.29 is 17.2 Å². The zero-order chi connectivity index (χ0) is 14.0. The molecular weight excluding hydrogens is 300 g/mol. The van der Waals surface area contributed by atoms with Gasteiger partial charge in [0.1, 0.15) is 5.82 Å². The number of benzene rings is 1. The third-order valence-corrected chi connectivity index (χ3v) is 3.60. The Bertz CT molecular complexity index is 724. The third kappa shape index (κ3) is 3.15. The average molecular weight is 306 g/mol. The molecule has 5 nitrogen and oxygen atoms in total. The summed E-state index contributed by atoms with van der Waals surface area (Å²) in [5, 5.41) is -0.148. The van der Waals surface area contributed by atoms with Crippen LogP contribution in [-0.2, 0) is 10.0 Å². The smallest absolute Gasteiger partial charge is 0.263 e. The molecule has 0 fully saturated rings. The molecule has 2 rings (SSSR count). The summed E-state index contributed by atoms with van der Waals surface area (Å²) in [6, 6.07) is 3.49. The molecule has 100 valence electrons. The molecule has 0 aliphatic rings. The maximum absolute atomic E-state index is 13.0. The predicted octanol–water partition coefficient (Wildman–Crippen LogP) is 2.21. The number of nitrogens with one attached hydrogen (secondary N) is 1. The molecule has 1 N–H and O–H groups in total. The lowest BCUT2D eigenvalue weighted by Gasteiger charge is -2.07. The van der Waals surface area contributed by atoms with Crippen LogP contribution >= 0.6 is 11.6 Å². The summed E-state index contributed by atoms with van der Waals surface area (Å²) in [7, 11) is -4.07. The molecular formula is C10H6ClF2N3O2S. The number of hydrogen-bond donors (Lipinski definition) is 1. The van der Waals surface area contributed by atoms with Crippen molar-refractivity contribution in [3.05, 3.63) is 47.4 Å².